The lowest BCUT2D eigenvalue weighted by atomic mass is 10.2. The first-order chi connectivity index (χ1) is 10.3. The minimum Gasteiger partial charge on any atom is -0.481 e. The van der Waals surface area contributed by atoms with Crippen molar-refractivity contribution in [1.29, 1.82) is 0 Å². The van der Waals surface area contributed by atoms with Crippen LogP contribution in [0, 0.1) is 6.92 Å². The number of benzene rings is 1. The van der Waals surface area contributed by atoms with Gasteiger partial charge in [-0.2, -0.15) is 12.7 Å². The highest BCUT2D eigenvalue weighted by molar-refractivity contribution is 7.86. The summed E-state index contributed by atoms with van der Waals surface area (Å²) in [7, 11) is -3.68. The van der Waals surface area contributed by atoms with Gasteiger partial charge in [-0.3, -0.25) is 4.79 Å². The van der Waals surface area contributed by atoms with Crippen LogP contribution in [0.15, 0.2) is 24.3 Å². The summed E-state index contributed by atoms with van der Waals surface area (Å²) in [6, 6.07) is 7.48. The molecule has 1 aromatic carbocycles. The van der Waals surface area contributed by atoms with Crippen molar-refractivity contribution in [1.82, 2.24) is 9.21 Å². The molecule has 7 nitrogen and oxygen atoms in total. The maximum Gasteiger partial charge on any atom is 0.277 e. The van der Waals surface area contributed by atoms with Gasteiger partial charge in [0, 0.05) is 26.2 Å². The molecule has 0 saturated carbocycles. The van der Waals surface area contributed by atoms with Gasteiger partial charge in [-0.15, -0.1) is 0 Å². The smallest absolute Gasteiger partial charge is 0.277 e. The van der Waals surface area contributed by atoms with E-state index in [1.165, 1.54) is 4.31 Å². The third-order valence-electron chi connectivity index (χ3n) is 3.56. The summed E-state index contributed by atoms with van der Waals surface area (Å²) >= 11 is 0. The Morgan fingerprint density at radius 3 is 2.45 bits per heavy atom. The van der Waals surface area contributed by atoms with Gasteiger partial charge in [0.15, 0.2) is 6.10 Å². The average Bonchev–Trinajstić information content (AvgIpc) is 2.45. The number of nitrogens with two attached hydrogens (primary N) is 1. The van der Waals surface area contributed by atoms with Gasteiger partial charge in [0.2, 0.25) is 0 Å². The fraction of sp³-hybridized carbons (Fsp3) is 0.500. The molecule has 1 saturated heterocycles. The van der Waals surface area contributed by atoms with E-state index in [-0.39, 0.29) is 19.0 Å². The number of hydrogen-bond acceptors (Lipinski definition) is 4. The number of aryl methyl sites for hydroxylation is 1. The highest BCUT2D eigenvalue weighted by Crippen LogP contribution is 2.15. The predicted octanol–water partition coefficient (Wildman–Crippen LogP) is 0.110. The minimum absolute atomic E-state index is 0.157. The van der Waals surface area contributed by atoms with Crippen molar-refractivity contribution < 1.29 is 17.9 Å². The fourth-order valence-electron chi connectivity index (χ4n) is 2.36. The van der Waals surface area contributed by atoms with E-state index in [4.69, 9.17) is 9.88 Å². The van der Waals surface area contributed by atoms with Crippen LogP contribution in [0.1, 0.15) is 12.5 Å². The Morgan fingerprint density at radius 2 is 1.91 bits per heavy atom. The van der Waals surface area contributed by atoms with E-state index in [1.807, 2.05) is 25.1 Å². The summed E-state index contributed by atoms with van der Waals surface area (Å²) in [6.07, 6.45) is -0.622. The maximum absolute atomic E-state index is 12.3. The zero-order valence-electron chi connectivity index (χ0n) is 12.7. The molecule has 1 aromatic rings. The molecule has 1 atom stereocenters. The lowest BCUT2D eigenvalue weighted by Gasteiger charge is -2.34. The minimum atomic E-state index is -3.68. The molecule has 0 bridgehead atoms. The third kappa shape index (κ3) is 4.19. The van der Waals surface area contributed by atoms with Crippen molar-refractivity contribution in [3.8, 4) is 5.75 Å². The number of piperazine rings is 1. The second-order valence-corrected chi connectivity index (χ2v) is 6.89. The van der Waals surface area contributed by atoms with Crippen LogP contribution in [0.25, 0.3) is 0 Å². The summed E-state index contributed by atoms with van der Waals surface area (Å²) in [6.45, 7) is 4.69. The van der Waals surface area contributed by atoms with Crippen LogP contribution in [0.3, 0.4) is 0 Å². The molecule has 2 N–H and O–H groups in total. The zero-order valence-corrected chi connectivity index (χ0v) is 13.5. The van der Waals surface area contributed by atoms with Gasteiger partial charge >= 0.3 is 0 Å². The molecule has 0 aromatic heterocycles. The van der Waals surface area contributed by atoms with Crippen molar-refractivity contribution in [3.63, 3.8) is 0 Å². The van der Waals surface area contributed by atoms with E-state index in [2.05, 4.69) is 0 Å². The Hall–Kier alpha value is -1.64. The van der Waals surface area contributed by atoms with Crippen LogP contribution in [-0.2, 0) is 15.0 Å². The van der Waals surface area contributed by atoms with Crippen molar-refractivity contribution in [2.24, 2.45) is 5.14 Å². The van der Waals surface area contributed by atoms with Gasteiger partial charge in [-0.25, -0.2) is 5.14 Å². The SMILES string of the molecule is Cc1cccc(O[C@@H](C)C(=O)N2CCN(S(N)(=O)=O)CC2)c1. The molecule has 0 aliphatic carbocycles. The van der Waals surface area contributed by atoms with E-state index < -0.39 is 16.3 Å². The number of carbonyl (C=O) groups is 1. The van der Waals surface area contributed by atoms with Gasteiger partial charge in [-0.1, -0.05) is 12.1 Å². The first-order valence-corrected chi connectivity index (χ1v) is 8.57. The van der Waals surface area contributed by atoms with Gasteiger partial charge in [0.1, 0.15) is 5.75 Å². The standard InChI is InChI=1S/C14H21N3O4S/c1-11-4-3-5-13(10-11)21-12(2)14(18)16-6-8-17(9-7-16)22(15,19)20/h3-5,10,12H,6-9H2,1-2H3,(H2,15,19,20)/t12-/m0/s1. The molecule has 22 heavy (non-hydrogen) atoms. The number of amides is 1. The Morgan fingerprint density at radius 1 is 1.27 bits per heavy atom. The highest BCUT2D eigenvalue weighted by Gasteiger charge is 2.29. The van der Waals surface area contributed by atoms with Gasteiger partial charge in [0.25, 0.3) is 16.1 Å². The number of rotatable bonds is 4. The fourth-order valence-corrected chi connectivity index (χ4v) is 3.04. The second-order valence-electron chi connectivity index (χ2n) is 5.35. The number of nitrogens with zero attached hydrogens (tertiary/aromatic N) is 2. The third-order valence-corrected chi connectivity index (χ3v) is 4.65. The van der Waals surface area contributed by atoms with Crippen molar-refractivity contribution in [2.75, 3.05) is 26.2 Å². The van der Waals surface area contributed by atoms with Crippen molar-refractivity contribution in [2.45, 2.75) is 20.0 Å². The molecule has 0 spiro atoms. The maximum atomic E-state index is 12.3. The molecule has 1 aliphatic heterocycles. The molecule has 2 rings (SSSR count). The molecule has 1 fully saturated rings. The summed E-state index contributed by atoms with van der Waals surface area (Å²) in [5.41, 5.74) is 1.05. The van der Waals surface area contributed by atoms with Crippen LogP contribution in [0.2, 0.25) is 0 Å². The van der Waals surface area contributed by atoms with Crippen LogP contribution in [0.4, 0.5) is 0 Å². The van der Waals surface area contributed by atoms with Gasteiger partial charge in [-0.05, 0) is 31.5 Å². The lowest BCUT2D eigenvalue weighted by molar-refractivity contribution is -0.139. The summed E-state index contributed by atoms with van der Waals surface area (Å²) in [5.74, 6) is 0.486. The van der Waals surface area contributed by atoms with E-state index >= 15 is 0 Å². The average molecular weight is 327 g/mol. The van der Waals surface area contributed by atoms with E-state index in [1.54, 1.807) is 17.9 Å². The molecule has 1 heterocycles. The summed E-state index contributed by atoms with van der Waals surface area (Å²) in [4.78, 5) is 13.9. The molecular weight excluding hydrogens is 306 g/mol. The quantitative estimate of drug-likeness (QED) is 0.849. The van der Waals surface area contributed by atoms with Crippen molar-refractivity contribution >= 4 is 16.1 Å². The number of carbonyl (C=O) groups excluding carboxylic acids is 1. The molecular formula is C14H21N3O4S. The molecule has 8 heteroatoms. The lowest BCUT2D eigenvalue weighted by Crippen LogP contribution is -2.54. The zero-order chi connectivity index (χ0) is 16.3. The Bertz CT molecular complexity index is 639. The first kappa shape index (κ1) is 16.7. The molecule has 1 aliphatic rings. The largest absolute Gasteiger partial charge is 0.481 e. The van der Waals surface area contributed by atoms with Gasteiger partial charge < -0.3 is 9.64 Å². The summed E-state index contributed by atoms with van der Waals surface area (Å²) in [5, 5.41) is 5.08. The van der Waals surface area contributed by atoms with E-state index in [9.17, 15) is 13.2 Å². The molecule has 0 unspecified atom stereocenters. The van der Waals surface area contributed by atoms with E-state index in [0.717, 1.165) is 5.56 Å². The molecule has 1 amide bonds. The van der Waals surface area contributed by atoms with E-state index in [0.29, 0.717) is 18.8 Å². The van der Waals surface area contributed by atoms with Crippen LogP contribution in [-0.4, -0.2) is 55.8 Å². The predicted molar refractivity (Wildman–Crippen MR) is 82.5 cm³/mol. The van der Waals surface area contributed by atoms with Crippen LogP contribution < -0.4 is 9.88 Å². The first-order valence-electron chi connectivity index (χ1n) is 7.07. The second kappa shape index (κ2) is 6.64. The van der Waals surface area contributed by atoms with Crippen LogP contribution >= 0.6 is 0 Å². The molecule has 122 valence electrons. The number of hydrogen-bond donors (Lipinski definition) is 1. The Kier molecular flexibility index (Phi) is 5.05. The Balaban J connectivity index is 1.92. The Labute approximate surface area is 130 Å². The number of ether oxygens (including phenoxy) is 1. The van der Waals surface area contributed by atoms with Crippen molar-refractivity contribution in [3.05, 3.63) is 29.8 Å². The monoisotopic (exact) mass is 327 g/mol. The van der Waals surface area contributed by atoms with Crippen LogP contribution in [0.5, 0.6) is 5.75 Å². The summed E-state index contributed by atoms with van der Waals surface area (Å²) < 4.78 is 29.3. The van der Waals surface area contributed by atoms with Gasteiger partial charge in [0.05, 0.1) is 0 Å². The topological polar surface area (TPSA) is 92.9 Å². The highest BCUT2D eigenvalue weighted by atomic mass is 32.2. The normalized spacial score (nSPS) is 18.0. The molecule has 0 radical (unpaired) electrons.